The second-order valence-corrected chi connectivity index (χ2v) is 6.71. The SMILES string of the molecule is COC(=O)c1ccc(N2C[C@H](C(=O)OCC(=O)c3cccc(OC)c3)CC2=O)cc1. The molecular formula is C22H21NO7. The Hall–Kier alpha value is -3.68. The quantitative estimate of drug-likeness (QED) is 0.509. The summed E-state index contributed by atoms with van der Waals surface area (Å²) in [5.74, 6) is -1.81. The highest BCUT2D eigenvalue weighted by atomic mass is 16.5. The molecule has 30 heavy (non-hydrogen) atoms. The van der Waals surface area contributed by atoms with E-state index in [1.54, 1.807) is 48.5 Å². The fourth-order valence-electron chi connectivity index (χ4n) is 3.14. The minimum absolute atomic E-state index is 0.00899. The number of hydrogen-bond donors (Lipinski definition) is 0. The third-order valence-corrected chi connectivity index (χ3v) is 4.80. The molecule has 1 heterocycles. The molecule has 0 aromatic heterocycles. The second-order valence-electron chi connectivity index (χ2n) is 6.71. The third-order valence-electron chi connectivity index (χ3n) is 4.80. The Morgan fingerprint density at radius 1 is 1.03 bits per heavy atom. The first kappa shape index (κ1) is 21.0. The molecule has 2 aromatic carbocycles. The summed E-state index contributed by atoms with van der Waals surface area (Å²) in [5.41, 5.74) is 1.30. The zero-order valence-electron chi connectivity index (χ0n) is 16.6. The molecule has 0 saturated carbocycles. The van der Waals surface area contributed by atoms with E-state index in [-0.39, 0.29) is 24.7 Å². The number of esters is 2. The molecule has 0 aliphatic carbocycles. The minimum atomic E-state index is -0.670. The number of carbonyl (C=O) groups excluding carboxylic acids is 4. The highest BCUT2D eigenvalue weighted by Crippen LogP contribution is 2.26. The van der Waals surface area contributed by atoms with Gasteiger partial charge in [-0.05, 0) is 36.4 Å². The van der Waals surface area contributed by atoms with Gasteiger partial charge in [0.2, 0.25) is 5.91 Å². The van der Waals surface area contributed by atoms with Crippen LogP contribution in [0.4, 0.5) is 5.69 Å². The number of Topliss-reactive ketones (excluding diaryl/α,β-unsaturated/α-hetero) is 1. The van der Waals surface area contributed by atoms with E-state index in [1.807, 2.05) is 0 Å². The highest BCUT2D eigenvalue weighted by Gasteiger charge is 2.36. The van der Waals surface area contributed by atoms with E-state index in [1.165, 1.54) is 19.1 Å². The number of carbonyl (C=O) groups is 4. The van der Waals surface area contributed by atoms with Gasteiger partial charge in [0, 0.05) is 24.2 Å². The normalized spacial score (nSPS) is 15.6. The van der Waals surface area contributed by atoms with Crippen LogP contribution in [0.15, 0.2) is 48.5 Å². The molecule has 0 spiro atoms. The van der Waals surface area contributed by atoms with Crippen LogP contribution in [0, 0.1) is 5.92 Å². The number of amides is 1. The molecule has 2 aromatic rings. The lowest BCUT2D eigenvalue weighted by atomic mass is 10.1. The molecule has 1 aliphatic heterocycles. The second kappa shape index (κ2) is 9.21. The molecule has 1 aliphatic rings. The molecule has 1 atom stereocenters. The smallest absolute Gasteiger partial charge is 0.337 e. The van der Waals surface area contributed by atoms with Crippen LogP contribution in [0.2, 0.25) is 0 Å². The number of nitrogens with zero attached hydrogens (tertiary/aromatic N) is 1. The topological polar surface area (TPSA) is 99.2 Å². The Morgan fingerprint density at radius 2 is 1.77 bits per heavy atom. The van der Waals surface area contributed by atoms with Crippen molar-refractivity contribution in [2.75, 3.05) is 32.3 Å². The molecular weight excluding hydrogens is 390 g/mol. The highest BCUT2D eigenvalue weighted by molar-refractivity contribution is 6.01. The van der Waals surface area contributed by atoms with Crippen molar-refractivity contribution in [2.45, 2.75) is 6.42 Å². The van der Waals surface area contributed by atoms with Crippen LogP contribution < -0.4 is 9.64 Å². The summed E-state index contributed by atoms with van der Waals surface area (Å²) in [6.07, 6.45) is -0.00899. The van der Waals surface area contributed by atoms with Crippen molar-refractivity contribution in [1.29, 1.82) is 0 Å². The van der Waals surface area contributed by atoms with Gasteiger partial charge in [-0.1, -0.05) is 12.1 Å². The van der Waals surface area contributed by atoms with Gasteiger partial charge in [-0.2, -0.15) is 0 Å². The summed E-state index contributed by atoms with van der Waals surface area (Å²) in [7, 11) is 2.78. The van der Waals surface area contributed by atoms with Crippen molar-refractivity contribution < 1.29 is 33.4 Å². The molecule has 1 saturated heterocycles. The number of rotatable bonds is 7. The lowest BCUT2D eigenvalue weighted by Gasteiger charge is -2.16. The summed E-state index contributed by atoms with van der Waals surface area (Å²) in [6, 6.07) is 12.9. The minimum Gasteiger partial charge on any atom is -0.497 e. The number of anilines is 1. The summed E-state index contributed by atoms with van der Waals surface area (Å²) >= 11 is 0. The number of benzene rings is 2. The van der Waals surface area contributed by atoms with Crippen LogP contribution in [0.5, 0.6) is 5.75 Å². The van der Waals surface area contributed by atoms with E-state index >= 15 is 0 Å². The summed E-state index contributed by atoms with van der Waals surface area (Å²) in [4.78, 5) is 49.9. The zero-order valence-corrected chi connectivity index (χ0v) is 16.6. The van der Waals surface area contributed by atoms with Gasteiger partial charge < -0.3 is 19.1 Å². The Kier molecular flexibility index (Phi) is 6.46. The fraction of sp³-hybridized carbons (Fsp3) is 0.273. The van der Waals surface area contributed by atoms with Crippen molar-refractivity contribution in [3.63, 3.8) is 0 Å². The average Bonchev–Trinajstić information content (AvgIpc) is 3.18. The molecule has 0 N–H and O–H groups in total. The Morgan fingerprint density at radius 3 is 2.43 bits per heavy atom. The van der Waals surface area contributed by atoms with Crippen LogP contribution >= 0.6 is 0 Å². The summed E-state index contributed by atoms with van der Waals surface area (Å²) in [6.45, 7) is -0.271. The van der Waals surface area contributed by atoms with E-state index in [0.717, 1.165) is 0 Å². The number of ether oxygens (including phenoxy) is 3. The van der Waals surface area contributed by atoms with E-state index in [9.17, 15) is 19.2 Å². The van der Waals surface area contributed by atoms with Gasteiger partial charge in [-0.25, -0.2) is 4.79 Å². The van der Waals surface area contributed by atoms with Crippen LogP contribution in [0.1, 0.15) is 27.1 Å². The summed E-state index contributed by atoms with van der Waals surface area (Å²) in [5, 5.41) is 0. The third kappa shape index (κ3) is 4.65. The first-order valence-electron chi connectivity index (χ1n) is 9.25. The molecule has 0 radical (unpaired) electrons. The molecule has 0 bridgehead atoms. The van der Waals surface area contributed by atoms with Gasteiger partial charge in [-0.3, -0.25) is 14.4 Å². The average molecular weight is 411 g/mol. The van der Waals surface area contributed by atoms with Crippen molar-refractivity contribution in [1.82, 2.24) is 0 Å². The number of hydrogen-bond acceptors (Lipinski definition) is 7. The molecule has 8 nitrogen and oxygen atoms in total. The predicted molar refractivity (Wildman–Crippen MR) is 107 cm³/mol. The van der Waals surface area contributed by atoms with Gasteiger partial charge in [0.15, 0.2) is 12.4 Å². The maximum Gasteiger partial charge on any atom is 0.337 e. The molecule has 8 heteroatoms. The van der Waals surface area contributed by atoms with Gasteiger partial charge in [0.25, 0.3) is 0 Å². The summed E-state index contributed by atoms with van der Waals surface area (Å²) < 4.78 is 14.9. The van der Waals surface area contributed by atoms with Gasteiger partial charge in [0.05, 0.1) is 25.7 Å². The lowest BCUT2D eigenvalue weighted by molar-refractivity contribution is -0.147. The van der Waals surface area contributed by atoms with Gasteiger partial charge >= 0.3 is 11.9 Å². The van der Waals surface area contributed by atoms with Crippen molar-refractivity contribution in [2.24, 2.45) is 5.92 Å². The van der Waals surface area contributed by atoms with Gasteiger partial charge in [0.1, 0.15) is 5.75 Å². The van der Waals surface area contributed by atoms with E-state index in [2.05, 4.69) is 4.74 Å². The van der Waals surface area contributed by atoms with Crippen molar-refractivity contribution in [3.05, 3.63) is 59.7 Å². The molecule has 3 rings (SSSR count). The number of ketones is 1. The lowest BCUT2D eigenvalue weighted by Crippen LogP contribution is -2.27. The van der Waals surface area contributed by atoms with Crippen molar-refractivity contribution >= 4 is 29.3 Å². The number of methoxy groups -OCH3 is 2. The maximum absolute atomic E-state index is 12.4. The Balaban J connectivity index is 1.58. The largest absolute Gasteiger partial charge is 0.497 e. The Labute approximate surface area is 173 Å². The van der Waals surface area contributed by atoms with Crippen LogP contribution in [0.25, 0.3) is 0 Å². The molecule has 1 amide bonds. The predicted octanol–water partition coefficient (Wildman–Crippen LogP) is 2.26. The first-order valence-corrected chi connectivity index (χ1v) is 9.25. The monoisotopic (exact) mass is 411 g/mol. The van der Waals surface area contributed by atoms with E-state index in [4.69, 9.17) is 9.47 Å². The first-order chi connectivity index (χ1) is 14.4. The molecule has 1 fully saturated rings. The standard InChI is InChI=1S/C22H21NO7/c1-28-18-5-3-4-15(10-18)19(24)13-30-22(27)16-11-20(25)23(12-16)17-8-6-14(7-9-17)21(26)29-2/h3-10,16H,11-13H2,1-2H3/t16-/m1/s1. The molecule has 0 unspecified atom stereocenters. The van der Waals surface area contributed by atoms with E-state index in [0.29, 0.717) is 22.6 Å². The van der Waals surface area contributed by atoms with Crippen LogP contribution in [-0.4, -0.2) is 51.0 Å². The van der Waals surface area contributed by atoms with Gasteiger partial charge in [-0.15, -0.1) is 0 Å². The van der Waals surface area contributed by atoms with Crippen LogP contribution in [0.3, 0.4) is 0 Å². The molecule has 156 valence electrons. The van der Waals surface area contributed by atoms with Crippen LogP contribution in [-0.2, 0) is 19.1 Å². The Bertz CT molecular complexity index is 968. The van der Waals surface area contributed by atoms with E-state index < -0.39 is 24.5 Å². The van der Waals surface area contributed by atoms with Crippen molar-refractivity contribution in [3.8, 4) is 5.75 Å². The zero-order chi connectivity index (χ0) is 21.7. The maximum atomic E-state index is 12.4. The fourth-order valence-corrected chi connectivity index (χ4v) is 3.14.